The van der Waals surface area contributed by atoms with Crippen molar-refractivity contribution in [1.82, 2.24) is 5.32 Å². The summed E-state index contributed by atoms with van der Waals surface area (Å²) in [5.41, 5.74) is 0. The van der Waals surface area contributed by atoms with E-state index in [2.05, 4.69) is 5.32 Å². The van der Waals surface area contributed by atoms with Gasteiger partial charge in [-0.05, 0) is 0 Å². The Bertz CT molecular complexity index is 322. The lowest BCUT2D eigenvalue weighted by molar-refractivity contribution is -0.135. The lowest BCUT2D eigenvalue weighted by atomic mass is 10.1. The quantitative estimate of drug-likeness (QED) is 0.251. The minimum absolute atomic E-state index is 0.127. The highest BCUT2D eigenvalue weighted by Crippen LogP contribution is 2.05. The summed E-state index contributed by atoms with van der Waals surface area (Å²) in [6.45, 7) is 4.57. The van der Waals surface area contributed by atoms with Gasteiger partial charge in [-0.25, -0.2) is 0 Å². The molecule has 1 saturated heterocycles. The smallest absolute Gasteiger partial charge is 0.300 e. The van der Waals surface area contributed by atoms with Gasteiger partial charge in [0.1, 0.15) is 0 Å². The summed E-state index contributed by atoms with van der Waals surface area (Å²) in [7, 11) is 0. The molecule has 0 aliphatic carbocycles. The molecule has 0 aromatic rings. The monoisotopic (exact) mass is 373 g/mol. The van der Waals surface area contributed by atoms with Crippen molar-refractivity contribution in [3.63, 3.8) is 0 Å². The van der Waals surface area contributed by atoms with Crippen molar-refractivity contribution in [1.29, 1.82) is 0 Å². The minimum atomic E-state index is -0.833. The average molecular weight is 373 g/mol. The van der Waals surface area contributed by atoms with Crippen molar-refractivity contribution >= 4 is 23.9 Å². The second-order valence-corrected chi connectivity index (χ2v) is 4.33. The van der Waals surface area contributed by atoms with E-state index in [0.717, 1.165) is 27.7 Å². The summed E-state index contributed by atoms with van der Waals surface area (Å²) < 4.78 is 0. The van der Waals surface area contributed by atoms with Crippen LogP contribution in [0.25, 0.3) is 0 Å². The number of nitrogens with one attached hydrogen (secondary N) is 1. The Hall–Kier alpha value is -2.28. The number of carboxylic acids is 4. The molecule has 1 heterocycles. The third kappa shape index (κ3) is 52.2. The van der Waals surface area contributed by atoms with E-state index in [0.29, 0.717) is 6.54 Å². The molecule has 1 aliphatic rings. The standard InChI is InChI=1S/C5H11NO3.4C2H4O2/c7-2-3-5(9)4(8)1-6-3;4*1-2(3)4/h3-9H,1-2H2;4*1H3,(H,3,4)/t3-,4+,5-;;;;/m1..../s1. The summed E-state index contributed by atoms with van der Waals surface area (Å²) in [6, 6.07) is -0.347. The summed E-state index contributed by atoms with van der Waals surface area (Å²) in [4.78, 5) is 36.0. The molecule has 1 aliphatic heterocycles. The number of aliphatic carboxylic acids is 4. The van der Waals surface area contributed by atoms with Gasteiger partial charge in [0, 0.05) is 34.2 Å². The number of carbonyl (C=O) groups is 4. The van der Waals surface area contributed by atoms with Gasteiger partial charge in [0.2, 0.25) is 0 Å². The molecule has 0 aromatic carbocycles. The summed E-state index contributed by atoms with van der Waals surface area (Å²) in [5, 5.41) is 58.8. The van der Waals surface area contributed by atoms with Crippen molar-refractivity contribution in [3.8, 4) is 0 Å². The third-order valence-corrected chi connectivity index (χ3v) is 1.59. The number of aliphatic hydroxyl groups is 3. The van der Waals surface area contributed by atoms with Crippen molar-refractivity contribution in [2.24, 2.45) is 0 Å². The van der Waals surface area contributed by atoms with Crippen molar-refractivity contribution in [2.45, 2.75) is 45.9 Å². The fourth-order valence-electron chi connectivity index (χ4n) is 0.954. The number of hydrogen-bond acceptors (Lipinski definition) is 8. The van der Waals surface area contributed by atoms with Gasteiger partial charge in [0.05, 0.1) is 24.9 Å². The van der Waals surface area contributed by atoms with Gasteiger partial charge in [0.25, 0.3) is 23.9 Å². The highest BCUT2D eigenvalue weighted by Gasteiger charge is 2.31. The fraction of sp³-hybridized carbons (Fsp3) is 0.692. The van der Waals surface area contributed by atoms with Gasteiger partial charge in [-0.15, -0.1) is 0 Å². The highest BCUT2D eigenvalue weighted by molar-refractivity contribution is 5.63. The fourth-order valence-corrected chi connectivity index (χ4v) is 0.954. The van der Waals surface area contributed by atoms with Gasteiger partial charge >= 0.3 is 0 Å². The van der Waals surface area contributed by atoms with Crippen LogP contribution in [-0.2, 0) is 19.2 Å². The van der Waals surface area contributed by atoms with Gasteiger partial charge in [0.15, 0.2) is 0 Å². The van der Waals surface area contributed by atoms with Crippen LogP contribution in [0.15, 0.2) is 0 Å². The zero-order chi connectivity index (χ0) is 21.2. The van der Waals surface area contributed by atoms with Crippen LogP contribution < -0.4 is 5.32 Å². The molecule has 0 saturated carbocycles. The van der Waals surface area contributed by atoms with Crippen LogP contribution in [0, 0.1) is 0 Å². The molecule has 12 heteroatoms. The van der Waals surface area contributed by atoms with E-state index in [4.69, 9.17) is 54.9 Å². The molecule has 150 valence electrons. The molecule has 1 rings (SSSR count). The first-order valence-corrected chi connectivity index (χ1v) is 6.67. The van der Waals surface area contributed by atoms with Crippen molar-refractivity contribution < 1.29 is 54.9 Å². The van der Waals surface area contributed by atoms with E-state index in [-0.39, 0.29) is 12.6 Å². The Labute approximate surface area is 144 Å². The number of β-amino-alcohol motifs (C(OH)–C–C–N with tert-alkyl or cyclic N) is 1. The molecule has 0 spiro atoms. The summed E-state index contributed by atoms with van der Waals surface area (Å²) in [5.74, 6) is -3.33. The Morgan fingerprint density at radius 2 is 1.04 bits per heavy atom. The van der Waals surface area contributed by atoms with E-state index in [1.807, 2.05) is 0 Å². The minimum Gasteiger partial charge on any atom is -0.481 e. The topological polar surface area (TPSA) is 222 Å². The molecule has 3 atom stereocenters. The van der Waals surface area contributed by atoms with E-state index >= 15 is 0 Å². The molecule has 0 amide bonds. The molecular formula is C13H27NO11. The van der Waals surface area contributed by atoms with Crippen molar-refractivity contribution in [2.75, 3.05) is 13.2 Å². The summed E-state index contributed by atoms with van der Waals surface area (Å²) >= 11 is 0. The Kier molecular flexibility index (Phi) is 24.2. The molecule has 0 radical (unpaired) electrons. The molecule has 0 unspecified atom stereocenters. The second-order valence-electron chi connectivity index (χ2n) is 4.33. The summed E-state index contributed by atoms with van der Waals surface area (Å²) in [6.07, 6.45) is -1.53. The first-order chi connectivity index (χ1) is 11.2. The zero-order valence-corrected chi connectivity index (χ0v) is 14.4. The predicted octanol–water partition coefficient (Wildman–Crippen LogP) is -1.96. The van der Waals surface area contributed by atoms with Crippen molar-refractivity contribution in [3.05, 3.63) is 0 Å². The average Bonchev–Trinajstić information content (AvgIpc) is 2.66. The molecular weight excluding hydrogens is 346 g/mol. The molecule has 0 bridgehead atoms. The van der Waals surface area contributed by atoms with E-state index < -0.39 is 36.1 Å². The van der Waals surface area contributed by atoms with Gasteiger partial charge in [-0.3, -0.25) is 19.2 Å². The lowest BCUT2D eigenvalue weighted by Gasteiger charge is -2.11. The third-order valence-electron chi connectivity index (χ3n) is 1.59. The molecule has 25 heavy (non-hydrogen) atoms. The SMILES string of the molecule is CC(=O)O.CC(=O)O.CC(=O)O.CC(=O)O.OC[C@H]1NC[C@H](O)[C@@H]1O. The Morgan fingerprint density at radius 3 is 1.12 bits per heavy atom. The van der Waals surface area contributed by atoms with Gasteiger partial charge in [-0.1, -0.05) is 0 Å². The number of rotatable bonds is 1. The number of carboxylic acid groups (broad SMARTS) is 4. The second kappa shape index (κ2) is 19.8. The first-order valence-electron chi connectivity index (χ1n) is 6.67. The van der Waals surface area contributed by atoms with E-state index in [9.17, 15) is 0 Å². The van der Waals surface area contributed by atoms with E-state index in [1.54, 1.807) is 0 Å². The van der Waals surface area contributed by atoms with Crippen LogP contribution in [0.1, 0.15) is 27.7 Å². The maximum absolute atomic E-state index is 9.00. The van der Waals surface area contributed by atoms with Crippen LogP contribution in [-0.4, -0.2) is 91.0 Å². The Balaban J connectivity index is -0.000000119. The predicted molar refractivity (Wildman–Crippen MR) is 84.1 cm³/mol. The van der Waals surface area contributed by atoms with Gasteiger partial charge in [-0.2, -0.15) is 0 Å². The highest BCUT2D eigenvalue weighted by atomic mass is 16.4. The van der Waals surface area contributed by atoms with Crippen LogP contribution in [0.4, 0.5) is 0 Å². The molecule has 12 nitrogen and oxygen atoms in total. The van der Waals surface area contributed by atoms with E-state index in [1.165, 1.54) is 0 Å². The molecule has 1 fully saturated rings. The molecule has 0 aromatic heterocycles. The normalized spacial score (nSPS) is 19.7. The number of aliphatic hydroxyl groups excluding tert-OH is 3. The van der Waals surface area contributed by atoms with Crippen LogP contribution in [0.5, 0.6) is 0 Å². The maximum Gasteiger partial charge on any atom is 0.300 e. The van der Waals surface area contributed by atoms with Crippen LogP contribution >= 0.6 is 0 Å². The lowest BCUT2D eigenvalue weighted by Crippen LogP contribution is -2.35. The van der Waals surface area contributed by atoms with Crippen LogP contribution in [0.3, 0.4) is 0 Å². The van der Waals surface area contributed by atoms with Crippen LogP contribution in [0.2, 0.25) is 0 Å². The Morgan fingerprint density at radius 1 is 0.800 bits per heavy atom. The zero-order valence-electron chi connectivity index (χ0n) is 14.4. The molecule has 8 N–H and O–H groups in total. The number of hydrogen-bond donors (Lipinski definition) is 8. The largest absolute Gasteiger partial charge is 0.481 e. The first kappa shape index (κ1) is 30.6. The maximum atomic E-state index is 9.00. The van der Waals surface area contributed by atoms with Gasteiger partial charge < -0.3 is 41.1 Å².